The number of aromatic nitrogens is 2. The van der Waals surface area contributed by atoms with Gasteiger partial charge in [-0.25, -0.2) is 9.97 Å². The molecule has 19 heavy (non-hydrogen) atoms. The molecule has 0 saturated carbocycles. The van der Waals surface area contributed by atoms with Gasteiger partial charge in [0.1, 0.15) is 0 Å². The molecule has 0 spiro atoms. The Bertz CT molecular complexity index is 570. The van der Waals surface area contributed by atoms with E-state index in [0.29, 0.717) is 11.7 Å². The Morgan fingerprint density at radius 2 is 2.05 bits per heavy atom. The van der Waals surface area contributed by atoms with E-state index in [1.807, 2.05) is 18.2 Å². The summed E-state index contributed by atoms with van der Waals surface area (Å²) >= 11 is 6.07. The molecule has 1 aromatic carbocycles. The molecule has 1 aromatic heterocycles. The SMILES string of the molecule is Nc1cnc(N2CCC[C@@H]2c2cccc(Cl)c2)nc1. The molecule has 98 valence electrons. The van der Waals surface area contributed by atoms with Crippen molar-refractivity contribution >= 4 is 23.2 Å². The lowest BCUT2D eigenvalue weighted by molar-refractivity contribution is 0.702. The second-order valence-electron chi connectivity index (χ2n) is 4.72. The molecule has 5 heteroatoms. The first-order valence-corrected chi connectivity index (χ1v) is 6.71. The Morgan fingerprint density at radius 1 is 1.26 bits per heavy atom. The Labute approximate surface area is 117 Å². The summed E-state index contributed by atoms with van der Waals surface area (Å²) < 4.78 is 0. The van der Waals surface area contributed by atoms with Crippen molar-refractivity contribution in [3.05, 3.63) is 47.2 Å². The zero-order chi connectivity index (χ0) is 13.2. The normalized spacial score (nSPS) is 18.8. The Kier molecular flexibility index (Phi) is 3.25. The van der Waals surface area contributed by atoms with E-state index in [0.717, 1.165) is 30.4 Å². The summed E-state index contributed by atoms with van der Waals surface area (Å²) in [5.74, 6) is 0.733. The molecule has 1 fully saturated rings. The molecule has 3 rings (SSSR count). The summed E-state index contributed by atoms with van der Waals surface area (Å²) in [7, 11) is 0. The summed E-state index contributed by atoms with van der Waals surface area (Å²) in [5, 5.41) is 0.766. The van der Waals surface area contributed by atoms with Gasteiger partial charge >= 0.3 is 0 Å². The lowest BCUT2D eigenvalue weighted by atomic mass is 10.1. The average Bonchev–Trinajstić information content (AvgIpc) is 2.89. The zero-order valence-electron chi connectivity index (χ0n) is 10.5. The number of rotatable bonds is 2. The molecule has 1 saturated heterocycles. The van der Waals surface area contributed by atoms with Gasteiger partial charge in [0.25, 0.3) is 0 Å². The van der Waals surface area contributed by atoms with Gasteiger partial charge in [0.05, 0.1) is 24.1 Å². The van der Waals surface area contributed by atoms with Gasteiger partial charge in [0.15, 0.2) is 0 Å². The number of hydrogen-bond donors (Lipinski definition) is 1. The number of hydrogen-bond acceptors (Lipinski definition) is 4. The Morgan fingerprint density at radius 3 is 2.79 bits per heavy atom. The van der Waals surface area contributed by atoms with Crippen LogP contribution < -0.4 is 10.6 Å². The monoisotopic (exact) mass is 274 g/mol. The van der Waals surface area contributed by atoms with Crippen molar-refractivity contribution in [3.63, 3.8) is 0 Å². The van der Waals surface area contributed by atoms with Crippen molar-refractivity contribution in [2.45, 2.75) is 18.9 Å². The number of benzene rings is 1. The van der Waals surface area contributed by atoms with Crippen molar-refractivity contribution in [2.24, 2.45) is 0 Å². The Balaban J connectivity index is 1.91. The second kappa shape index (κ2) is 5.05. The first kappa shape index (κ1) is 12.2. The standard InChI is InChI=1S/C14H15ClN4/c15-11-4-1-3-10(7-11)13-5-2-6-19(13)14-17-8-12(16)9-18-14/h1,3-4,7-9,13H,2,5-6,16H2/t13-/m1/s1. The van der Waals surface area contributed by atoms with E-state index in [9.17, 15) is 0 Å². The molecule has 2 aromatic rings. The van der Waals surface area contributed by atoms with E-state index < -0.39 is 0 Å². The highest BCUT2D eigenvalue weighted by Gasteiger charge is 2.27. The van der Waals surface area contributed by atoms with Crippen LogP contribution in [0.5, 0.6) is 0 Å². The largest absolute Gasteiger partial charge is 0.396 e. The van der Waals surface area contributed by atoms with Crippen LogP contribution in [-0.4, -0.2) is 16.5 Å². The molecule has 2 N–H and O–H groups in total. The van der Waals surface area contributed by atoms with E-state index in [2.05, 4.69) is 20.9 Å². The van der Waals surface area contributed by atoms with Crippen LogP contribution in [0.2, 0.25) is 5.02 Å². The molecule has 1 aliphatic rings. The van der Waals surface area contributed by atoms with Gasteiger partial charge in [0.2, 0.25) is 5.95 Å². The van der Waals surface area contributed by atoms with E-state index >= 15 is 0 Å². The second-order valence-corrected chi connectivity index (χ2v) is 5.16. The molecular formula is C14H15ClN4. The maximum atomic E-state index is 6.07. The molecular weight excluding hydrogens is 260 g/mol. The van der Waals surface area contributed by atoms with Crippen LogP contribution in [0.4, 0.5) is 11.6 Å². The molecule has 1 atom stereocenters. The van der Waals surface area contributed by atoms with Crippen LogP contribution in [0.15, 0.2) is 36.7 Å². The fourth-order valence-electron chi connectivity index (χ4n) is 2.55. The minimum Gasteiger partial charge on any atom is -0.396 e. The molecule has 1 aliphatic heterocycles. The van der Waals surface area contributed by atoms with Crippen LogP contribution >= 0.6 is 11.6 Å². The third kappa shape index (κ3) is 2.49. The third-order valence-electron chi connectivity index (χ3n) is 3.40. The quantitative estimate of drug-likeness (QED) is 0.914. The topological polar surface area (TPSA) is 55.0 Å². The first-order valence-electron chi connectivity index (χ1n) is 6.33. The summed E-state index contributed by atoms with van der Waals surface area (Å²) in [6.07, 6.45) is 5.52. The minimum absolute atomic E-state index is 0.294. The number of anilines is 2. The summed E-state index contributed by atoms with van der Waals surface area (Å²) in [4.78, 5) is 10.8. The highest BCUT2D eigenvalue weighted by Crippen LogP contribution is 2.35. The van der Waals surface area contributed by atoms with Crippen LogP contribution in [0.25, 0.3) is 0 Å². The summed E-state index contributed by atoms with van der Waals surface area (Å²) in [5.41, 5.74) is 7.43. The molecule has 0 amide bonds. The van der Waals surface area contributed by atoms with E-state index in [-0.39, 0.29) is 0 Å². The van der Waals surface area contributed by atoms with Crippen LogP contribution in [0.3, 0.4) is 0 Å². The van der Waals surface area contributed by atoms with E-state index in [1.54, 1.807) is 12.4 Å². The number of nitrogens with two attached hydrogens (primary N) is 1. The molecule has 0 aliphatic carbocycles. The molecule has 0 unspecified atom stereocenters. The predicted octanol–water partition coefficient (Wildman–Crippen LogP) is 3.05. The summed E-state index contributed by atoms with van der Waals surface area (Å²) in [6, 6.07) is 8.29. The highest BCUT2D eigenvalue weighted by molar-refractivity contribution is 6.30. The van der Waals surface area contributed by atoms with Crippen molar-refractivity contribution < 1.29 is 0 Å². The molecule has 0 radical (unpaired) electrons. The highest BCUT2D eigenvalue weighted by atomic mass is 35.5. The van der Waals surface area contributed by atoms with Crippen molar-refractivity contribution in [1.29, 1.82) is 0 Å². The maximum absolute atomic E-state index is 6.07. The van der Waals surface area contributed by atoms with Crippen molar-refractivity contribution in [2.75, 3.05) is 17.2 Å². The van der Waals surface area contributed by atoms with Gasteiger partial charge in [-0.1, -0.05) is 23.7 Å². The van der Waals surface area contributed by atoms with Gasteiger partial charge in [-0.3, -0.25) is 0 Å². The summed E-state index contributed by atoms with van der Waals surface area (Å²) in [6.45, 7) is 0.959. The molecule has 0 bridgehead atoms. The van der Waals surface area contributed by atoms with Gasteiger partial charge < -0.3 is 10.6 Å². The van der Waals surface area contributed by atoms with Gasteiger partial charge in [-0.15, -0.1) is 0 Å². The fourth-order valence-corrected chi connectivity index (χ4v) is 2.74. The first-order chi connectivity index (χ1) is 9.24. The van der Waals surface area contributed by atoms with Crippen LogP contribution in [0, 0.1) is 0 Å². The maximum Gasteiger partial charge on any atom is 0.225 e. The smallest absolute Gasteiger partial charge is 0.225 e. The zero-order valence-corrected chi connectivity index (χ0v) is 11.2. The van der Waals surface area contributed by atoms with Gasteiger partial charge in [-0.05, 0) is 30.5 Å². The predicted molar refractivity (Wildman–Crippen MR) is 77.2 cm³/mol. The lowest BCUT2D eigenvalue weighted by Crippen LogP contribution is -2.24. The molecule has 4 nitrogen and oxygen atoms in total. The molecule has 2 heterocycles. The van der Waals surface area contributed by atoms with Crippen LogP contribution in [-0.2, 0) is 0 Å². The average molecular weight is 275 g/mol. The minimum atomic E-state index is 0.294. The van der Waals surface area contributed by atoms with Crippen molar-refractivity contribution in [3.8, 4) is 0 Å². The van der Waals surface area contributed by atoms with Crippen molar-refractivity contribution in [1.82, 2.24) is 9.97 Å². The van der Waals surface area contributed by atoms with Crippen LogP contribution in [0.1, 0.15) is 24.4 Å². The fraction of sp³-hybridized carbons (Fsp3) is 0.286. The van der Waals surface area contributed by atoms with E-state index in [1.165, 1.54) is 5.56 Å². The van der Waals surface area contributed by atoms with Gasteiger partial charge in [0, 0.05) is 11.6 Å². The Hall–Kier alpha value is -1.81. The number of nitrogen functional groups attached to an aromatic ring is 1. The van der Waals surface area contributed by atoms with E-state index in [4.69, 9.17) is 17.3 Å². The number of nitrogens with zero attached hydrogens (tertiary/aromatic N) is 3. The third-order valence-corrected chi connectivity index (χ3v) is 3.64. The number of halogens is 1. The lowest BCUT2D eigenvalue weighted by Gasteiger charge is -2.25. The van der Waals surface area contributed by atoms with Gasteiger partial charge in [-0.2, -0.15) is 0 Å².